The summed E-state index contributed by atoms with van der Waals surface area (Å²) in [6, 6.07) is 25.2. The van der Waals surface area contributed by atoms with Gasteiger partial charge < -0.3 is 4.57 Å². The summed E-state index contributed by atoms with van der Waals surface area (Å²) in [5, 5.41) is 2.47. The van der Waals surface area contributed by atoms with Crippen LogP contribution in [0, 0.1) is 6.92 Å². The monoisotopic (exact) mass is 324 g/mol. The molecule has 0 aliphatic rings. The van der Waals surface area contributed by atoms with Crippen molar-refractivity contribution in [3.8, 4) is 0 Å². The SMILES string of the molecule is Cc1ccc(S)c(P(=O)(c2ccccc2)c2ccccc2)c1. The Morgan fingerprint density at radius 3 is 1.77 bits per heavy atom. The molecule has 3 heteroatoms. The van der Waals surface area contributed by atoms with E-state index in [4.69, 9.17) is 0 Å². The molecule has 0 aliphatic heterocycles. The Bertz CT molecular complexity index is 785. The third-order valence-corrected chi connectivity index (χ3v) is 7.38. The minimum absolute atomic E-state index is 0.765. The molecule has 0 spiro atoms. The molecular weight excluding hydrogens is 307 g/mol. The summed E-state index contributed by atoms with van der Waals surface area (Å²) < 4.78 is 14.1. The predicted molar refractivity (Wildman–Crippen MR) is 97.8 cm³/mol. The van der Waals surface area contributed by atoms with Crippen LogP contribution in [0.25, 0.3) is 0 Å². The fraction of sp³-hybridized carbons (Fsp3) is 0.0526. The average Bonchev–Trinajstić information content (AvgIpc) is 2.58. The highest BCUT2D eigenvalue weighted by atomic mass is 32.1. The summed E-state index contributed by atoms with van der Waals surface area (Å²) in [5.74, 6) is 0. The van der Waals surface area contributed by atoms with E-state index in [-0.39, 0.29) is 0 Å². The van der Waals surface area contributed by atoms with E-state index in [1.807, 2.05) is 85.8 Å². The highest BCUT2D eigenvalue weighted by Gasteiger charge is 2.31. The third kappa shape index (κ3) is 2.65. The topological polar surface area (TPSA) is 17.1 Å². The zero-order valence-corrected chi connectivity index (χ0v) is 14.1. The van der Waals surface area contributed by atoms with Crippen LogP contribution < -0.4 is 15.9 Å². The van der Waals surface area contributed by atoms with Crippen molar-refractivity contribution in [3.05, 3.63) is 84.4 Å². The van der Waals surface area contributed by atoms with Crippen molar-refractivity contribution in [3.63, 3.8) is 0 Å². The van der Waals surface area contributed by atoms with Crippen LogP contribution >= 0.6 is 19.8 Å². The maximum absolute atomic E-state index is 14.1. The minimum atomic E-state index is -2.92. The molecule has 22 heavy (non-hydrogen) atoms. The van der Waals surface area contributed by atoms with Gasteiger partial charge in [0, 0.05) is 20.8 Å². The molecule has 0 fully saturated rings. The molecule has 0 N–H and O–H groups in total. The summed E-state index contributed by atoms with van der Waals surface area (Å²) in [7, 11) is -2.92. The molecule has 0 heterocycles. The predicted octanol–water partition coefficient (Wildman–Crippen LogP) is 3.92. The Labute approximate surface area is 136 Å². The smallest absolute Gasteiger partial charge is 0.172 e. The Morgan fingerprint density at radius 1 is 0.773 bits per heavy atom. The average molecular weight is 324 g/mol. The van der Waals surface area contributed by atoms with Crippen molar-refractivity contribution in [1.29, 1.82) is 0 Å². The quantitative estimate of drug-likeness (QED) is 0.571. The molecule has 0 aliphatic carbocycles. The van der Waals surface area contributed by atoms with Crippen LogP contribution in [0.4, 0.5) is 0 Å². The first-order valence-corrected chi connectivity index (χ1v) is 9.29. The van der Waals surface area contributed by atoms with Crippen molar-refractivity contribution in [1.82, 2.24) is 0 Å². The fourth-order valence-electron chi connectivity index (χ4n) is 2.59. The van der Waals surface area contributed by atoms with Crippen LogP contribution in [0.15, 0.2) is 83.8 Å². The number of hydrogen-bond acceptors (Lipinski definition) is 2. The molecule has 3 aromatic carbocycles. The lowest BCUT2D eigenvalue weighted by molar-refractivity contribution is 0.592. The van der Waals surface area contributed by atoms with E-state index in [9.17, 15) is 4.57 Å². The summed E-state index contributed by atoms with van der Waals surface area (Å²) in [4.78, 5) is 0.765. The van der Waals surface area contributed by atoms with Crippen molar-refractivity contribution in [2.75, 3.05) is 0 Å². The van der Waals surface area contributed by atoms with E-state index in [1.165, 1.54) is 0 Å². The maximum Gasteiger partial charge on any atom is 0.172 e. The fourth-order valence-corrected chi connectivity index (χ4v) is 5.97. The number of benzene rings is 3. The molecule has 0 amide bonds. The van der Waals surface area contributed by atoms with Crippen molar-refractivity contribution < 1.29 is 4.57 Å². The van der Waals surface area contributed by atoms with Crippen LogP contribution in [-0.2, 0) is 4.57 Å². The first-order chi connectivity index (χ1) is 10.6. The van der Waals surface area contributed by atoms with Crippen LogP contribution in [-0.4, -0.2) is 0 Å². The zero-order chi connectivity index (χ0) is 15.6. The molecule has 0 aromatic heterocycles. The van der Waals surface area contributed by atoms with Gasteiger partial charge in [-0.3, -0.25) is 0 Å². The Morgan fingerprint density at radius 2 is 1.27 bits per heavy atom. The van der Waals surface area contributed by atoms with Gasteiger partial charge in [-0.05, 0) is 19.1 Å². The molecule has 0 atom stereocenters. The molecule has 3 aromatic rings. The van der Waals surface area contributed by atoms with Gasteiger partial charge in [-0.25, -0.2) is 0 Å². The van der Waals surface area contributed by atoms with Gasteiger partial charge in [0.05, 0.1) is 0 Å². The normalized spacial score (nSPS) is 11.4. The second kappa shape index (κ2) is 6.16. The van der Waals surface area contributed by atoms with Gasteiger partial charge in [0.1, 0.15) is 0 Å². The van der Waals surface area contributed by atoms with E-state index < -0.39 is 7.14 Å². The second-order valence-electron chi connectivity index (χ2n) is 5.27. The lowest BCUT2D eigenvalue weighted by Crippen LogP contribution is -2.26. The van der Waals surface area contributed by atoms with E-state index in [0.29, 0.717) is 0 Å². The van der Waals surface area contributed by atoms with Crippen molar-refractivity contribution >= 4 is 35.7 Å². The van der Waals surface area contributed by atoms with Gasteiger partial charge in [0.2, 0.25) is 0 Å². The van der Waals surface area contributed by atoms with Gasteiger partial charge in [-0.15, -0.1) is 12.6 Å². The van der Waals surface area contributed by atoms with Crippen LogP contribution in [0.3, 0.4) is 0 Å². The lowest BCUT2D eigenvalue weighted by atomic mass is 10.2. The minimum Gasteiger partial charge on any atom is -0.309 e. The highest BCUT2D eigenvalue weighted by molar-refractivity contribution is 7.87. The first kappa shape index (κ1) is 15.1. The molecule has 0 saturated heterocycles. The van der Waals surface area contributed by atoms with E-state index in [2.05, 4.69) is 12.6 Å². The molecule has 0 radical (unpaired) electrons. The first-order valence-electron chi connectivity index (χ1n) is 7.14. The second-order valence-corrected chi connectivity index (χ2v) is 8.49. The van der Waals surface area contributed by atoms with Crippen LogP contribution in [0.5, 0.6) is 0 Å². The highest BCUT2D eigenvalue weighted by Crippen LogP contribution is 2.44. The van der Waals surface area contributed by atoms with E-state index in [1.54, 1.807) is 0 Å². The number of thiol groups is 1. The summed E-state index contributed by atoms with van der Waals surface area (Å²) in [6.45, 7) is 2.01. The van der Waals surface area contributed by atoms with Gasteiger partial charge in [-0.2, -0.15) is 0 Å². The standard InChI is InChI=1S/C19H17OPS/c1-15-12-13-19(22)18(14-15)21(20,16-8-4-2-5-9-16)17-10-6-3-7-11-17/h2-14,22H,1H3. The molecule has 0 bridgehead atoms. The summed E-state index contributed by atoms with van der Waals surface area (Å²) in [5.41, 5.74) is 1.08. The molecule has 0 unspecified atom stereocenters. The number of hydrogen-bond donors (Lipinski definition) is 1. The van der Waals surface area contributed by atoms with Crippen LogP contribution in [0.1, 0.15) is 5.56 Å². The Hall–Kier alpha value is -1.76. The van der Waals surface area contributed by atoms with E-state index in [0.717, 1.165) is 26.4 Å². The molecule has 3 rings (SSSR count). The van der Waals surface area contributed by atoms with Gasteiger partial charge in [0.15, 0.2) is 7.14 Å². The van der Waals surface area contributed by atoms with Gasteiger partial charge >= 0.3 is 0 Å². The number of rotatable bonds is 3. The summed E-state index contributed by atoms with van der Waals surface area (Å²) in [6.07, 6.45) is 0. The third-order valence-electron chi connectivity index (χ3n) is 3.71. The molecule has 1 nitrogen and oxygen atoms in total. The Kier molecular flexibility index (Phi) is 4.24. The molecular formula is C19H17OPS. The Balaban J connectivity index is 2.34. The largest absolute Gasteiger partial charge is 0.309 e. The maximum atomic E-state index is 14.1. The summed E-state index contributed by atoms with van der Waals surface area (Å²) >= 11 is 4.57. The number of aryl methyl sites for hydroxylation is 1. The van der Waals surface area contributed by atoms with Crippen molar-refractivity contribution in [2.45, 2.75) is 11.8 Å². The van der Waals surface area contributed by atoms with Crippen LogP contribution in [0.2, 0.25) is 0 Å². The molecule has 0 saturated carbocycles. The lowest BCUT2D eigenvalue weighted by Gasteiger charge is -2.21. The van der Waals surface area contributed by atoms with Crippen molar-refractivity contribution in [2.24, 2.45) is 0 Å². The zero-order valence-electron chi connectivity index (χ0n) is 12.3. The molecule has 110 valence electrons. The van der Waals surface area contributed by atoms with E-state index >= 15 is 0 Å². The van der Waals surface area contributed by atoms with Gasteiger partial charge in [0.25, 0.3) is 0 Å². The van der Waals surface area contributed by atoms with Gasteiger partial charge in [-0.1, -0.05) is 72.3 Å².